The molecule has 1 aliphatic carbocycles. The van der Waals surface area contributed by atoms with Gasteiger partial charge >= 0.3 is 5.97 Å². The van der Waals surface area contributed by atoms with Gasteiger partial charge in [-0.15, -0.1) is 0 Å². The number of aromatic amines is 1. The lowest BCUT2D eigenvalue weighted by molar-refractivity contribution is -0.136. The van der Waals surface area contributed by atoms with Crippen molar-refractivity contribution in [2.75, 3.05) is 0 Å². The van der Waals surface area contributed by atoms with Crippen molar-refractivity contribution < 1.29 is 9.90 Å². The van der Waals surface area contributed by atoms with Gasteiger partial charge in [0.2, 0.25) is 0 Å². The minimum Gasteiger partial charge on any atom is -0.481 e. The molecule has 2 N–H and O–H groups in total. The Morgan fingerprint density at radius 3 is 2.92 bits per heavy atom. The van der Waals surface area contributed by atoms with Crippen molar-refractivity contribution >= 4 is 28.0 Å². The quantitative estimate of drug-likeness (QED) is 0.760. The normalized spacial score (nSPS) is 20.8. The lowest BCUT2D eigenvalue weighted by atomic mass is 9.84. The van der Waals surface area contributed by atoms with E-state index in [1.165, 1.54) is 0 Å². The number of H-pyrrole nitrogens is 1. The molecule has 128 valence electrons. The number of pyridine rings is 1. The van der Waals surface area contributed by atoms with E-state index in [0.29, 0.717) is 18.2 Å². The Kier molecular flexibility index (Phi) is 3.88. The number of rotatable bonds is 4. The third kappa shape index (κ3) is 2.74. The molecule has 1 fully saturated rings. The summed E-state index contributed by atoms with van der Waals surface area (Å²) < 4.78 is 2.11. The van der Waals surface area contributed by atoms with Crippen LogP contribution in [0.4, 0.5) is 0 Å². The Morgan fingerprint density at radius 2 is 2.20 bits per heavy atom. The fraction of sp³-hybridized carbons (Fsp3) is 0.444. The van der Waals surface area contributed by atoms with Crippen LogP contribution in [0.15, 0.2) is 18.5 Å². The zero-order valence-electron chi connectivity index (χ0n) is 13.8. The van der Waals surface area contributed by atoms with Gasteiger partial charge in [0.05, 0.1) is 17.8 Å². The van der Waals surface area contributed by atoms with Crippen molar-refractivity contribution in [3.05, 3.63) is 24.3 Å². The number of hydrogen-bond acceptors (Lipinski definition) is 4. The standard InChI is InChI=1S/C18H19N5O2/c19-7-5-11-1-3-12(4-2-11)23-15(9-16(24)25)22-14-10-21-18-13(17(14)23)6-8-20-18/h6,8,10-12H,1-5,9H2,(H,20,21)(H,24,25). The van der Waals surface area contributed by atoms with Gasteiger partial charge in [0.1, 0.15) is 23.4 Å². The zero-order chi connectivity index (χ0) is 17.4. The highest BCUT2D eigenvalue weighted by molar-refractivity contribution is 6.01. The summed E-state index contributed by atoms with van der Waals surface area (Å²) in [4.78, 5) is 23.4. The highest BCUT2D eigenvalue weighted by Crippen LogP contribution is 2.37. The Hall–Kier alpha value is -2.88. The number of nitrogens with one attached hydrogen (secondary N) is 1. The lowest BCUT2D eigenvalue weighted by Crippen LogP contribution is -2.21. The predicted octanol–water partition coefficient (Wildman–Crippen LogP) is 3.18. The minimum atomic E-state index is -0.881. The van der Waals surface area contributed by atoms with Crippen molar-refractivity contribution in [3.63, 3.8) is 0 Å². The second kappa shape index (κ2) is 6.20. The zero-order valence-corrected chi connectivity index (χ0v) is 13.8. The van der Waals surface area contributed by atoms with Crippen LogP contribution in [0.25, 0.3) is 22.1 Å². The molecule has 0 radical (unpaired) electrons. The molecule has 4 rings (SSSR count). The van der Waals surface area contributed by atoms with E-state index in [1.54, 1.807) is 6.20 Å². The van der Waals surface area contributed by atoms with E-state index in [-0.39, 0.29) is 12.5 Å². The topological polar surface area (TPSA) is 108 Å². The first-order valence-corrected chi connectivity index (χ1v) is 8.59. The molecule has 0 unspecified atom stereocenters. The Bertz CT molecular complexity index is 973. The maximum Gasteiger partial charge on any atom is 0.311 e. The van der Waals surface area contributed by atoms with Crippen LogP contribution in [-0.4, -0.2) is 30.6 Å². The van der Waals surface area contributed by atoms with Crippen molar-refractivity contribution in [2.24, 2.45) is 5.92 Å². The molecule has 0 saturated heterocycles. The molecule has 7 heteroatoms. The molecule has 1 aliphatic rings. The van der Waals surface area contributed by atoms with Gasteiger partial charge in [-0.05, 0) is 37.7 Å². The smallest absolute Gasteiger partial charge is 0.311 e. The second-order valence-electron chi connectivity index (χ2n) is 6.74. The third-order valence-electron chi connectivity index (χ3n) is 5.18. The number of aromatic nitrogens is 4. The molecule has 1 saturated carbocycles. The number of aliphatic carboxylic acids is 1. The second-order valence-corrected chi connectivity index (χ2v) is 6.74. The molecule has 0 aromatic carbocycles. The van der Waals surface area contributed by atoms with Crippen LogP contribution in [0.3, 0.4) is 0 Å². The van der Waals surface area contributed by atoms with Gasteiger partial charge in [-0.3, -0.25) is 4.79 Å². The van der Waals surface area contributed by atoms with Crippen LogP contribution in [0.2, 0.25) is 0 Å². The van der Waals surface area contributed by atoms with Gasteiger partial charge in [-0.1, -0.05) is 0 Å². The summed E-state index contributed by atoms with van der Waals surface area (Å²) >= 11 is 0. The van der Waals surface area contributed by atoms with E-state index in [4.69, 9.17) is 5.26 Å². The monoisotopic (exact) mass is 337 g/mol. The first-order valence-electron chi connectivity index (χ1n) is 8.59. The summed E-state index contributed by atoms with van der Waals surface area (Å²) in [7, 11) is 0. The van der Waals surface area contributed by atoms with Gasteiger partial charge in [-0.2, -0.15) is 5.26 Å². The predicted molar refractivity (Wildman–Crippen MR) is 91.9 cm³/mol. The molecule has 3 aromatic heterocycles. The van der Waals surface area contributed by atoms with Crippen molar-refractivity contribution in [1.29, 1.82) is 5.26 Å². The van der Waals surface area contributed by atoms with Gasteiger partial charge in [0, 0.05) is 24.0 Å². The summed E-state index contributed by atoms with van der Waals surface area (Å²) in [6.45, 7) is 0. The van der Waals surface area contributed by atoms with Crippen LogP contribution in [0.5, 0.6) is 0 Å². The van der Waals surface area contributed by atoms with Gasteiger partial charge in [-0.25, -0.2) is 9.97 Å². The number of nitriles is 1. The number of imidazole rings is 1. The molecule has 7 nitrogen and oxygen atoms in total. The summed E-state index contributed by atoms with van der Waals surface area (Å²) in [5.74, 6) is 0.155. The largest absolute Gasteiger partial charge is 0.481 e. The average Bonchev–Trinajstić information content (AvgIpc) is 3.19. The Balaban J connectivity index is 1.81. The van der Waals surface area contributed by atoms with Crippen LogP contribution >= 0.6 is 0 Å². The van der Waals surface area contributed by atoms with E-state index in [9.17, 15) is 9.90 Å². The Morgan fingerprint density at radius 1 is 1.40 bits per heavy atom. The summed E-state index contributed by atoms with van der Waals surface area (Å²) in [6, 6.07) is 4.45. The number of nitrogens with zero attached hydrogens (tertiary/aromatic N) is 4. The number of hydrogen-bond donors (Lipinski definition) is 2. The molecule has 0 aliphatic heterocycles. The van der Waals surface area contributed by atoms with E-state index in [2.05, 4.69) is 25.6 Å². The molecule has 0 spiro atoms. The number of carboxylic acids is 1. The van der Waals surface area contributed by atoms with E-state index < -0.39 is 5.97 Å². The Labute approximate surface area is 144 Å². The first-order chi connectivity index (χ1) is 12.2. The molecule has 25 heavy (non-hydrogen) atoms. The molecule has 0 bridgehead atoms. The third-order valence-corrected chi connectivity index (χ3v) is 5.18. The van der Waals surface area contributed by atoms with Crippen molar-refractivity contribution in [3.8, 4) is 6.07 Å². The average molecular weight is 337 g/mol. The highest BCUT2D eigenvalue weighted by Gasteiger charge is 2.27. The summed E-state index contributed by atoms with van der Waals surface area (Å²) in [6.07, 6.45) is 7.92. The summed E-state index contributed by atoms with van der Waals surface area (Å²) in [5, 5.41) is 19.2. The SMILES string of the molecule is N#CCC1CCC(n2c(CC(=O)O)nc3cnc4[nH]ccc4c32)CC1. The molecule has 3 heterocycles. The molecular weight excluding hydrogens is 318 g/mol. The van der Waals surface area contributed by atoms with Crippen LogP contribution in [-0.2, 0) is 11.2 Å². The van der Waals surface area contributed by atoms with Crippen LogP contribution in [0, 0.1) is 17.2 Å². The maximum atomic E-state index is 11.3. The number of carboxylic acid groups (broad SMARTS) is 1. The number of carbonyl (C=O) groups is 1. The first kappa shape index (κ1) is 15.6. The maximum absolute atomic E-state index is 11.3. The van der Waals surface area contributed by atoms with E-state index in [1.807, 2.05) is 12.3 Å². The molecule has 0 amide bonds. The minimum absolute atomic E-state index is 0.0985. The molecule has 0 atom stereocenters. The summed E-state index contributed by atoms with van der Waals surface area (Å²) in [5.41, 5.74) is 2.49. The van der Waals surface area contributed by atoms with Crippen LogP contribution in [0.1, 0.15) is 44.0 Å². The van der Waals surface area contributed by atoms with Gasteiger partial charge in [0.25, 0.3) is 0 Å². The number of fused-ring (bicyclic) bond motifs is 3. The fourth-order valence-electron chi connectivity index (χ4n) is 4.03. The highest BCUT2D eigenvalue weighted by atomic mass is 16.4. The van der Waals surface area contributed by atoms with Crippen LogP contribution < -0.4 is 0 Å². The van der Waals surface area contributed by atoms with Gasteiger partial charge < -0.3 is 14.7 Å². The van der Waals surface area contributed by atoms with E-state index >= 15 is 0 Å². The molecular formula is C18H19N5O2. The molecule has 3 aromatic rings. The van der Waals surface area contributed by atoms with E-state index in [0.717, 1.165) is 47.8 Å². The van der Waals surface area contributed by atoms with Crippen molar-refractivity contribution in [1.82, 2.24) is 19.5 Å². The van der Waals surface area contributed by atoms with Crippen molar-refractivity contribution in [2.45, 2.75) is 44.6 Å². The van der Waals surface area contributed by atoms with Gasteiger partial charge in [0.15, 0.2) is 0 Å². The fourth-order valence-corrected chi connectivity index (χ4v) is 4.03. The lowest BCUT2D eigenvalue weighted by Gasteiger charge is -2.29.